The predicted molar refractivity (Wildman–Crippen MR) is 88.7 cm³/mol. The molecule has 112 valence electrons. The molecule has 2 unspecified atom stereocenters. The number of nitrogens with one attached hydrogen (secondary N) is 2. The molecule has 1 heterocycles. The van der Waals surface area contributed by atoms with Crippen molar-refractivity contribution in [3.63, 3.8) is 0 Å². The second kappa shape index (κ2) is 7.72. The van der Waals surface area contributed by atoms with Gasteiger partial charge in [-0.2, -0.15) is 11.8 Å². The van der Waals surface area contributed by atoms with Crippen LogP contribution in [0, 0.1) is 6.92 Å². The minimum Gasteiger partial charge on any atom is -0.370 e. The van der Waals surface area contributed by atoms with Gasteiger partial charge >= 0.3 is 0 Å². The van der Waals surface area contributed by atoms with Gasteiger partial charge in [0.15, 0.2) is 0 Å². The van der Waals surface area contributed by atoms with E-state index in [0.29, 0.717) is 11.3 Å². The Morgan fingerprint density at radius 3 is 2.75 bits per heavy atom. The largest absolute Gasteiger partial charge is 0.370 e. The van der Waals surface area contributed by atoms with Crippen molar-refractivity contribution in [1.29, 1.82) is 0 Å². The first-order valence-corrected chi connectivity index (χ1v) is 8.89. The molecule has 1 aliphatic carbocycles. The summed E-state index contributed by atoms with van der Waals surface area (Å²) in [4.78, 5) is 8.78. The summed E-state index contributed by atoms with van der Waals surface area (Å²) >= 11 is 1.98. The van der Waals surface area contributed by atoms with E-state index in [4.69, 9.17) is 0 Å². The molecule has 2 rings (SSSR count). The summed E-state index contributed by atoms with van der Waals surface area (Å²) in [6.07, 6.45) is 10.2. The Hall–Kier alpha value is -0.970. The number of anilines is 2. The Morgan fingerprint density at radius 1 is 1.25 bits per heavy atom. The van der Waals surface area contributed by atoms with Gasteiger partial charge in [-0.3, -0.25) is 0 Å². The Kier molecular flexibility index (Phi) is 5.95. The lowest BCUT2D eigenvalue weighted by atomic mass is 9.95. The van der Waals surface area contributed by atoms with Crippen molar-refractivity contribution in [2.75, 3.05) is 23.4 Å². The van der Waals surface area contributed by atoms with Gasteiger partial charge in [0, 0.05) is 23.4 Å². The number of aromatic nitrogens is 2. The van der Waals surface area contributed by atoms with Crippen molar-refractivity contribution in [3.8, 4) is 0 Å². The Balaban J connectivity index is 2.08. The van der Waals surface area contributed by atoms with Gasteiger partial charge in [0.2, 0.25) is 0 Å². The number of rotatable bonds is 6. The average molecular weight is 294 g/mol. The number of nitrogens with zero attached hydrogens (tertiary/aromatic N) is 2. The lowest BCUT2D eigenvalue weighted by Crippen LogP contribution is -2.34. The van der Waals surface area contributed by atoms with Gasteiger partial charge in [0.1, 0.15) is 18.0 Å². The third-order valence-corrected chi connectivity index (χ3v) is 5.12. The summed E-state index contributed by atoms with van der Waals surface area (Å²) in [6, 6.07) is 0.534. The van der Waals surface area contributed by atoms with Gasteiger partial charge < -0.3 is 10.6 Å². The zero-order valence-corrected chi connectivity index (χ0v) is 13.6. The number of thioether (sulfide) groups is 1. The molecule has 2 N–H and O–H groups in total. The van der Waals surface area contributed by atoms with E-state index in [9.17, 15) is 0 Å². The van der Waals surface area contributed by atoms with Crippen LogP contribution in [0.2, 0.25) is 0 Å². The van der Waals surface area contributed by atoms with Crippen LogP contribution in [0.3, 0.4) is 0 Å². The highest BCUT2D eigenvalue weighted by Crippen LogP contribution is 2.30. The van der Waals surface area contributed by atoms with Crippen LogP contribution in [0.4, 0.5) is 11.6 Å². The van der Waals surface area contributed by atoms with E-state index in [1.54, 1.807) is 6.33 Å². The van der Waals surface area contributed by atoms with Crippen LogP contribution in [-0.2, 0) is 0 Å². The van der Waals surface area contributed by atoms with Gasteiger partial charge in [-0.25, -0.2) is 9.97 Å². The van der Waals surface area contributed by atoms with Crippen molar-refractivity contribution in [1.82, 2.24) is 9.97 Å². The van der Waals surface area contributed by atoms with E-state index in [0.717, 1.165) is 30.2 Å². The molecule has 1 aromatic heterocycles. The van der Waals surface area contributed by atoms with E-state index in [2.05, 4.69) is 40.7 Å². The minimum absolute atomic E-state index is 0.534. The summed E-state index contributed by atoms with van der Waals surface area (Å²) in [6.45, 7) is 5.21. The predicted octanol–water partition coefficient (Wildman–Crippen LogP) is 3.69. The molecule has 4 nitrogen and oxygen atoms in total. The standard InChI is InChI=1S/C15H26N4S/c1-4-9-16-14-11(2)15(18-10-17-14)19-12-7-5-6-8-13(12)20-3/h10,12-13H,4-9H2,1-3H3,(H2,16,17,18,19). The summed E-state index contributed by atoms with van der Waals surface area (Å²) < 4.78 is 0. The first-order valence-electron chi connectivity index (χ1n) is 7.61. The van der Waals surface area contributed by atoms with Crippen LogP contribution < -0.4 is 10.6 Å². The van der Waals surface area contributed by atoms with Gasteiger partial charge in [0.25, 0.3) is 0 Å². The van der Waals surface area contributed by atoms with Crippen LogP contribution in [0.1, 0.15) is 44.6 Å². The molecule has 0 bridgehead atoms. The van der Waals surface area contributed by atoms with Crippen LogP contribution in [0.15, 0.2) is 6.33 Å². The fourth-order valence-corrected chi connectivity index (χ4v) is 3.67. The van der Waals surface area contributed by atoms with E-state index in [1.807, 2.05) is 11.8 Å². The topological polar surface area (TPSA) is 49.8 Å². The summed E-state index contributed by atoms with van der Waals surface area (Å²) in [7, 11) is 0. The fraction of sp³-hybridized carbons (Fsp3) is 0.733. The molecule has 0 aromatic carbocycles. The molecule has 0 amide bonds. The molecule has 20 heavy (non-hydrogen) atoms. The molecule has 0 spiro atoms. The van der Waals surface area contributed by atoms with Crippen LogP contribution in [0.25, 0.3) is 0 Å². The van der Waals surface area contributed by atoms with Gasteiger partial charge in [0.05, 0.1) is 0 Å². The molecule has 1 aromatic rings. The normalized spacial score (nSPS) is 22.6. The average Bonchev–Trinajstić information content (AvgIpc) is 2.48. The molecular weight excluding hydrogens is 268 g/mol. The summed E-state index contributed by atoms with van der Waals surface area (Å²) in [5, 5.41) is 7.72. The molecule has 0 radical (unpaired) electrons. The van der Waals surface area contributed by atoms with Gasteiger partial charge in [-0.15, -0.1) is 0 Å². The van der Waals surface area contributed by atoms with E-state index < -0.39 is 0 Å². The van der Waals surface area contributed by atoms with E-state index >= 15 is 0 Å². The highest BCUT2D eigenvalue weighted by Gasteiger charge is 2.25. The van der Waals surface area contributed by atoms with Crippen LogP contribution >= 0.6 is 11.8 Å². The second-order valence-electron chi connectivity index (χ2n) is 5.43. The number of hydrogen-bond acceptors (Lipinski definition) is 5. The van der Waals surface area contributed by atoms with E-state index in [1.165, 1.54) is 25.7 Å². The first-order chi connectivity index (χ1) is 9.76. The summed E-state index contributed by atoms with van der Waals surface area (Å²) in [5.41, 5.74) is 1.13. The molecule has 1 aliphatic rings. The van der Waals surface area contributed by atoms with Crippen LogP contribution in [0.5, 0.6) is 0 Å². The second-order valence-corrected chi connectivity index (χ2v) is 6.51. The Bertz CT molecular complexity index is 424. The highest BCUT2D eigenvalue weighted by molar-refractivity contribution is 7.99. The Morgan fingerprint density at radius 2 is 2.00 bits per heavy atom. The van der Waals surface area contributed by atoms with Crippen molar-refractivity contribution in [2.24, 2.45) is 0 Å². The quantitative estimate of drug-likeness (QED) is 0.838. The molecule has 1 fully saturated rings. The van der Waals surface area contributed by atoms with Crippen molar-refractivity contribution >= 4 is 23.4 Å². The van der Waals surface area contributed by atoms with Crippen LogP contribution in [-0.4, -0.2) is 34.1 Å². The first kappa shape index (κ1) is 15.4. The van der Waals surface area contributed by atoms with Crippen molar-refractivity contribution in [3.05, 3.63) is 11.9 Å². The molecule has 1 saturated carbocycles. The monoisotopic (exact) mass is 294 g/mol. The Labute approximate surface area is 126 Å². The molecule has 5 heteroatoms. The van der Waals surface area contributed by atoms with E-state index in [-0.39, 0.29) is 0 Å². The maximum Gasteiger partial charge on any atom is 0.134 e. The SMILES string of the molecule is CCCNc1ncnc(NC2CCCCC2SC)c1C. The molecular formula is C15H26N4S. The molecule has 0 saturated heterocycles. The van der Waals surface area contributed by atoms with Gasteiger partial charge in [-0.05, 0) is 32.4 Å². The molecule has 0 aliphatic heterocycles. The van der Waals surface area contributed by atoms with Crippen molar-refractivity contribution < 1.29 is 0 Å². The highest BCUT2D eigenvalue weighted by atomic mass is 32.2. The third-order valence-electron chi connectivity index (χ3n) is 3.95. The smallest absolute Gasteiger partial charge is 0.134 e. The maximum atomic E-state index is 4.44. The lowest BCUT2D eigenvalue weighted by Gasteiger charge is -2.31. The lowest BCUT2D eigenvalue weighted by molar-refractivity contribution is 0.474. The number of hydrogen-bond donors (Lipinski definition) is 2. The summed E-state index contributed by atoms with van der Waals surface area (Å²) in [5.74, 6) is 1.95. The zero-order chi connectivity index (χ0) is 14.4. The van der Waals surface area contributed by atoms with Gasteiger partial charge in [-0.1, -0.05) is 19.8 Å². The third kappa shape index (κ3) is 3.78. The molecule has 2 atom stereocenters. The zero-order valence-electron chi connectivity index (χ0n) is 12.8. The minimum atomic E-state index is 0.534. The van der Waals surface area contributed by atoms with Crippen molar-refractivity contribution in [2.45, 2.75) is 57.2 Å². The fourth-order valence-electron chi connectivity index (χ4n) is 2.74. The maximum absolute atomic E-state index is 4.44.